The molecule has 0 N–H and O–H groups in total. The van der Waals surface area contributed by atoms with Gasteiger partial charge in [0.25, 0.3) is 0 Å². The highest BCUT2D eigenvalue weighted by molar-refractivity contribution is 5.94. The van der Waals surface area contributed by atoms with Crippen LogP contribution in [0.15, 0.2) is 102 Å². The summed E-state index contributed by atoms with van der Waals surface area (Å²) in [7, 11) is 0. The minimum atomic E-state index is -0.0384. The Balaban J connectivity index is 1.68. The molecule has 4 heteroatoms. The second-order valence-corrected chi connectivity index (χ2v) is 6.63. The predicted molar refractivity (Wildman–Crippen MR) is 112 cm³/mol. The summed E-state index contributed by atoms with van der Waals surface area (Å²) < 4.78 is 1.83. The van der Waals surface area contributed by atoms with Gasteiger partial charge < -0.3 is 9.47 Å². The van der Waals surface area contributed by atoms with Crippen LogP contribution in [0.5, 0.6) is 0 Å². The molecule has 0 bridgehead atoms. The molecule has 0 saturated carbocycles. The van der Waals surface area contributed by atoms with E-state index in [0.29, 0.717) is 11.9 Å². The molecule has 28 heavy (non-hydrogen) atoms. The van der Waals surface area contributed by atoms with Crippen molar-refractivity contribution in [1.29, 1.82) is 0 Å². The molecule has 0 fully saturated rings. The molecule has 0 spiro atoms. The van der Waals surface area contributed by atoms with Crippen LogP contribution in [0.25, 0.3) is 10.9 Å². The Kier molecular flexibility index (Phi) is 5.02. The lowest BCUT2D eigenvalue weighted by atomic mass is 10.2. The van der Waals surface area contributed by atoms with Gasteiger partial charge in [-0.05, 0) is 29.8 Å². The molecule has 1 aromatic heterocycles. The Bertz CT molecular complexity index is 1150. The zero-order valence-corrected chi connectivity index (χ0v) is 15.4. The molecule has 0 saturated heterocycles. The van der Waals surface area contributed by atoms with E-state index in [-0.39, 0.29) is 17.9 Å². The summed E-state index contributed by atoms with van der Waals surface area (Å²) in [6, 6.07) is 28.5. The highest BCUT2D eigenvalue weighted by Crippen LogP contribution is 2.18. The Labute approximate surface area is 163 Å². The van der Waals surface area contributed by atoms with Crippen molar-refractivity contribution in [2.45, 2.75) is 13.1 Å². The van der Waals surface area contributed by atoms with Crippen molar-refractivity contribution in [1.82, 2.24) is 4.57 Å². The summed E-state index contributed by atoms with van der Waals surface area (Å²) in [5.74, 6) is -0.0381. The van der Waals surface area contributed by atoms with Gasteiger partial charge in [-0.15, -0.1) is 0 Å². The fraction of sp³-hybridized carbons (Fsp3) is 0.0833. The highest BCUT2D eigenvalue weighted by Gasteiger charge is 2.17. The minimum Gasteiger partial charge on any atom is -0.338 e. The number of carbonyl (C=O) groups excluding carboxylic acids is 1. The molecule has 4 aromatic rings. The number of aromatic nitrogens is 1. The second-order valence-electron chi connectivity index (χ2n) is 6.63. The Morgan fingerprint density at radius 3 is 2.18 bits per heavy atom. The van der Waals surface area contributed by atoms with Crippen LogP contribution in [0.4, 0.5) is 5.69 Å². The topological polar surface area (TPSA) is 42.3 Å². The first-order chi connectivity index (χ1) is 13.7. The maximum Gasteiger partial charge on any atom is 0.247 e. The summed E-state index contributed by atoms with van der Waals surface area (Å²) in [6.45, 7) is 0.643. The lowest BCUT2D eigenvalue weighted by molar-refractivity contribution is -0.119. The van der Waals surface area contributed by atoms with Crippen molar-refractivity contribution in [2.24, 2.45) is 0 Å². The molecular weight excluding hydrogens is 348 g/mol. The number of amides is 1. The predicted octanol–water partition coefficient (Wildman–Crippen LogP) is 4.23. The van der Waals surface area contributed by atoms with E-state index in [2.05, 4.69) is 0 Å². The van der Waals surface area contributed by atoms with E-state index in [9.17, 15) is 9.59 Å². The number of rotatable bonds is 5. The Morgan fingerprint density at radius 2 is 1.43 bits per heavy atom. The molecule has 4 nitrogen and oxygen atoms in total. The van der Waals surface area contributed by atoms with Gasteiger partial charge in [0, 0.05) is 23.3 Å². The number of hydrogen-bond donors (Lipinski definition) is 0. The van der Waals surface area contributed by atoms with Crippen LogP contribution in [0.2, 0.25) is 0 Å². The largest absolute Gasteiger partial charge is 0.338 e. The molecule has 138 valence electrons. The second kappa shape index (κ2) is 7.92. The summed E-state index contributed by atoms with van der Waals surface area (Å²) in [5, 5.41) is 0.618. The molecule has 0 radical (unpaired) electrons. The van der Waals surface area contributed by atoms with Gasteiger partial charge in [-0.25, -0.2) is 0 Å². The minimum absolute atomic E-state index is 0.0381. The van der Waals surface area contributed by atoms with Crippen molar-refractivity contribution in [2.75, 3.05) is 4.90 Å². The maximum absolute atomic E-state index is 13.3. The lowest BCUT2D eigenvalue weighted by Gasteiger charge is -2.24. The van der Waals surface area contributed by atoms with Gasteiger partial charge in [0.05, 0.1) is 12.1 Å². The van der Waals surface area contributed by atoms with E-state index in [1.165, 1.54) is 6.07 Å². The zero-order valence-electron chi connectivity index (χ0n) is 15.4. The fourth-order valence-electron chi connectivity index (χ4n) is 3.33. The van der Waals surface area contributed by atoms with E-state index < -0.39 is 0 Å². The summed E-state index contributed by atoms with van der Waals surface area (Å²) >= 11 is 0. The molecule has 0 aliphatic carbocycles. The molecule has 0 aliphatic rings. The summed E-state index contributed by atoms with van der Waals surface area (Å²) in [5.41, 5.74) is 2.63. The number of fused-ring (bicyclic) bond motifs is 1. The molecule has 0 unspecified atom stereocenters. The standard InChI is InChI=1S/C24H20N2O2/c27-23-15-16-25(22-14-8-7-13-21(22)23)18-24(28)26(20-11-5-2-6-12-20)17-19-9-3-1-4-10-19/h1-16H,17-18H2. The third-order valence-electron chi connectivity index (χ3n) is 4.74. The third-order valence-corrected chi connectivity index (χ3v) is 4.74. The molecular formula is C24H20N2O2. The van der Waals surface area contributed by atoms with Gasteiger partial charge >= 0.3 is 0 Å². The smallest absolute Gasteiger partial charge is 0.247 e. The number of hydrogen-bond acceptors (Lipinski definition) is 2. The molecule has 4 rings (SSSR count). The SMILES string of the molecule is O=C(Cn1ccc(=O)c2ccccc21)N(Cc1ccccc1)c1ccccc1. The van der Waals surface area contributed by atoms with Crippen molar-refractivity contribution < 1.29 is 4.79 Å². The van der Waals surface area contributed by atoms with E-state index in [1.54, 1.807) is 17.2 Å². The highest BCUT2D eigenvalue weighted by atomic mass is 16.2. The quantitative estimate of drug-likeness (QED) is 0.529. The van der Waals surface area contributed by atoms with Crippen molar-refractivity contribution in [3.63, 3.8) is 0 Å². The molecule has 1 heterocycles. The van der Waals surface area contributed by atoms with Crippen molar-refractivity contribution in [3.05, 3.63) is 113 Å². The summed E-state index contributed by atoms with van der Waals surface area (Å²) in [4.78, 5) is 27.2. The zero-order chi connectivity index (χ0) is 19.3. The number of carbonyl (C=O) groups is 1. The average molecular weight is 368 g/mol. The van der Waals surface area contributed by atoms with Gasteiger partial charge in [-0.2, -0.15) is 0 Å². The maximum atomic E-state index is 13.3. The van der Waals surface area contributed by atoms with Crippen LogP contribution in [-0.2, 0) is 17.9 Å². The van der Waals surface area contributed by atoms with Gasteiger partial charge in [0.1, 0.15) is 6.54 Å². The monoisotopic (exact) mass is 368 g/mol. The van der Waals surface area contributed by atoms with Gasteiger partial charge in [0.15, 0.2) is 5.43 Å². The normalized spacial score (nSPS) is 10.7. The van der Waals surface area contributed by atoms with Crippen LogP contribution in [0.3, 0.4) is 0 Å². The number of benzene rings is 3. The van der Waals surface area contributed by atoms with Crippen LogP contribution in [0.1, 0.15) is 5.56 Å². The molecule has 1 amide bonds. The van der Waals surface area contributed by atoms with Gasteiger partial charge in [0.2, 0.25) is 5.91 Å². The molecule has 3 aromatic carbocycles. The fourth-order valence-corrected chi connectivity index (χ4v) is 3.33. The number of anilines is 1. The van der Waals surface area contributed by atoms with E-state index in [1.807, 2.05) is 83.4 Å². The first kappa shape index (κ1) is 17.7. The van der Waals surface area contributed by atoms with E-state index in [0.717, 1.165) is 16.8 Å². The van der Waals surface area contributed by atoms with Crippen LogP contribution in [0, 0.1) is 0 Å². The average Bonchev–Trinajstić information content (AvgIpc) is 2.75. The van der Waals surface area contributed by atoms with Crippen molar-refractivity contribution in [3.8, 4) is 0 Å². The number of nitrogens with zero attached hydrogens (tertiary/aromatic N) is 2. The Morgan fingerprint density at radius 1 is 0.786 bits per heavy atom. The Hall–Kier alpha value is -3.66. The first-order valence-electron chi connectivity index (χ1n) is 9.20. The lowest BCUT2D eigenvalue weighted by Crippen LogP contribution is -2.33. The van der Waals surface area contributed by atoms with Gasteiger partial charge in [-0.1, -0.05) is 60.7 Å². The first-order valence-corrected chi connectivity index (χ1v) is 9.20. The summed E-state index contributed by atoms with van der Waals surface area (Å²) in [6.07, 6.45) is 1.69. The molecule has 0 atom stereocenters. The van der Waals surface area contributed by atoms with E-state index >= 15 is 0 Å². The molecule has 0 aliphatic heterocycles. The van der Waals surface area contributed by atoms with Gasteiger partial charge in [-0.3, -0.25) is 9.59 Å². The number of pyridine rings is 1. The number of para-hydroxylation sites is 2. The van der Waals surface area contributed by atoms with Crippen LogP contribution >= 0.6 is 0 Å². The van der Waals surface area contributed by atoms with Crippen LogP contribution < -0.4 is 10.3 Å². The van der Waals surface area contributed by atoms with Crippen LogP contribution in [-0.4, -0.2) is 10.5 Å². The van der Waals surface area contributed by atoms with Crippen molar-refractivity contribution >= 4 is 22.5 Å². The van der Waals surface area contributed by atoms with E-state index in [4.69, 9.17) is 0 Å². The third kappa shape index (κ3) is 3.71.